The number of nitrogens with two attached hydrogens (primary N) is 1. The van der Waals surface area contributed by atoms with Gasteiger partial charge in [-0.2, -0.15) is 0 Å². The molecule has 0 aliphatic heterocycles. The van der Waals surface area contributed by atoms with Crippen molar-refractivity contribution in [3.63, 3.8) is 0 Å². The molecule has 1 rings (SSSR count). The van der Waals surface area contributed by atoms with Gasteiger partial charge in [0.05, 0.1) is 5.41 Å². The molecule has 0 fully saturated rings. The van der Waals surface area contributed by atoms with Crippen LogP contribution in [-0.4, -0.2) is 19.0 Å². The fourth-order valence-corrected chi connectivity index (χ4v) is 1.57. The first kappa shape index (κ1) is 13.6. The Kier molecular flexibility index (Phi) is 4.23. The Hall–Kier alpha value is -1.42. The molecule has 0 aliphatic carbocycles. The molecule has 17 heavy (non-hydrogen) atoms. The molecule has 1 aromatic rings. The quantitative estimate of drug-likeness (QED) is 0.835. The molecule has 0 aliphatic rings. The highest BCUT2D eigenvalue weighted by Gasteiger charge is 2.29. The Morgan fingerprint density at radius 3 is 2.65 bits per heavy atom. The SMILES string of the molecule is Cc1cc(C(C)(C)C(=O)NCCN)ccc1F. The van der Waals surface area contributed by atoms with Crippen molar-refractivity contribution in [2.45, 2.75) is 26.2 Å². The van der Waals surface area contributed by atoms with Gasteiger partial charge in [0.25, 0.3) is 0 Å². The molecule has 4 heteroatoms. The Balaban J connectivity index is 2.95. The number of benzene rings is 1. The van der Waals surface area contributed by atoms with Gasteiger partial charge in [0.1, 0.15) is 5.82 Å². The summed E-state index contributed by atoms with van der Waals surface area (Å²) in [6.07, 6.45) is 0. The van der Waals surface area contributed by atoms with Crippen LogP contribution in [-0.2, 0) is 10.2 Å². The largest absolute Gasteiger partial charge is 0.354 e. The van der Waals surface area contributed by atoms with Crippen molar-refractivity contribution in [3.8, 4) is 0 Å². The summed E-state index contributed by atoms with van der Waals surface area (Å²) in [6.45, 7) is 6.16. The van der Waals surface area contributed by atoms with E-state index in [0.717, 1.165) is 5.56 Å². The number of nitrogens with one attached hydrogen (secondary N) is 1. The van der Waals surface area contributed by atoms with E-state index < -0.39 is 5.41 Å². The summed E-state index contributed by atoms with van der Waals surface area (Å²) < 4.78 is 13.2. The third-order valence-corrected chi connectivity index (χ3v) is 2.88. The van der Waals surface area contributed by atoms with E-state index in [1.165, 1.54) is 6.07 Å². The number of hydrogen-bond acceptors (Lipinski definition) is 2. The fraction of sp³-hybridized carbons (Fsp3) is 0.462. The van der Waals surface area contributed by atoms with Gasteiger partial charge in [-0.15, -0.1) is 0 Å². The van der Waals surface area contributed by atoms with Crippen LogP contribution in [0.15, 0.2) is 18.2 Å². The first-order valence-electron chi connectivity index (χ1n) is 5.64. The van der Waals surface area contributed by atoms with E-state index in [2.05, 4.69) is 5.32 Å². The van der Waals surface area contributed by atoms with Crippen molar-refractivity contribution in [2.24, 2.45) is 5.73 Å². The minimum absolute atomic E-state index is 0.103. The van der Waals surface area contributed by atoms with Crippen molar-refractivity contribution in [3.05, 3.63) is 35.1 Å². The molecule has 0 saturated heterocycles. The number of aryl methyl sites for hydroxylation is 1. The first-order valence-corrected chi connectivity index (χ1v) is 5.64. The predicted molar refractivity (Wildman–Crippen MR) is 66.2 cm³/mol. The molecular weight excluding hydrogens is 219 g/mol. The zero-order valence-electron chi connectivity index (χ0n) is 10.5. The van der Waals surface area contributed by atoms with E-state index in [4.69, 9.17) is 5.73 Å². The maximum absolute atomic E-state index is 13.2. The molecule has 1 amide bonds. The number of carbonyl (C=O) groups is 1. The number of amides is 1. The molecule has 3 N–H and O–H groups in total. The lowest BCUT2D eigenvalue weighted by Gasteiger charge is -2.24. The Morgan fingerprint density at radius 1 is 1.47 bits per heavy atom. The maximum Gasteiger partial charge on any atom is 0.230 e. The number of rotatable bonds is 4. The average molecular weight is 238 g/mol. The van der Waals surface area contributed by atoms with Gasteiger partial charge in [-0.25, -0.2) is 4.39 Å². The molecule has 0 heterocycles. The molecule has 0 bridgehead atoms. The third kappa shape index (κ3) is 3.03. The number of carbonyl (C=O) groups excluding carboxylic acids is 1. The summed E-state index contributed by atoms with van der Waals surface area (Å²) in [4.78, 5) is 12.0. The minimum Gasteiger partial charge on any atom is -0.354 e. The van der Waals surface area contributed by atoms with Crippen molar-refractivity contribution < 1.29 is 9.18 Å². The molecule has 0 aromatic heterocycles. The normalized spacial score (nSPS) is 11.4. The molecule has 94 valence electrons. The van der Waals surface area contributed by atoms with Crippen LogP contribution in [0.5, 0.6) is 0 Å². The zero-order valence-corrected chi connectivity index (χ0v) is 10.5. The molecule has 0 saturated carbocycles. The highest BCUT2D eigenvalue weighted by molar-refractivity contribution is 5.87. The second kappa shape index (κ2) is 5.27. The highest BCUT2D eigenvalue weighted by atomic mass is 19.1. The number of halogens is 1. The summed E-state index contributed by atoms with van der Waals surface area (Å²) in [7, 11) is 0. The second-order valence-electron chi connectivity index (χ2n) is 4.63. The third-order valence-electron chi connectivity index (χ3n) is 2.88. The summed E-state index contributed by atoms with van der Waals surface area (Å²) in [6, 6.07) is 4.74. The highest BCUT2D eigenvalue weighted by Crippen LogP contribution is 2.25. The Labute approximate surface area is 101 Å². The van der Waals surface area contributed by atoms with E-state index in [1.54, 1.807) is 19.1 Å². The molecule has 0 radical (unpaired) electrons. The summed E-state index contributed by atoms with van der Waals surface area (Å²) >= 11 is 0. The maximum atomic E-state index is 13.2. The lowest BCUT2D eigenvalue weighted by atomic mass is 9.83. The van der Waals surface area contributed by atoms with Crippen LogP contribution in [0.25, 0.3) is 0 Å². The van der Waals surface area contributed by atoms with Gasteiger partial charge in [0.15, 0.2) is 0 Å². The van der Waals surface area contributed by atoms with Gasteiger partial charge in [-0.1, -0.05) is 12.1 Å². The first-order chi connectivity index (χ1) is 7.89. The lowest BCUT2D eigenvalue weighted by Crippen LogP contribution is -2.42. The van der Waals surface area contributed by atoms with Gasteiger partial charge in [-0.05, 0) is 38.0 Å². The van der Waals surface area contributed by atoms with Crippen molar-refractivity contribution in [1.29, 1.82) is 0 Å². The van der Waals surface area contributed by atoms with Crippen LogP contribution < -0.4 is 11.1 Å². The summed E-state index contributed by atoms with van der Waals surface area (Å²) in [5, 5.41) is 2.75. The van der Waals surface area contributed by atoms with Gasteiger partial charge in [0.2, 0.25) is 5.91 Å². The summed E-state index contributed by atoms with van der Waals surface area (Å²) in [5.74, 6) is -0.360. The topological polar surface area (TPSA) is 55.1 Å². The van der Waals surface area contributed by atoms with Crippen LogP contribution in [0.1, 0.15) is 25.0 Å². The van der Waals surface area contributed by atoms with Gasteiger partial charge in [-0.3, -0.25) is 4.79 Å². The minimum atomic E-state index is -0.687. The van der Waals surface area contributed by atoms with Crippen molar-refractivity contribution >= 4 is 5.91 Å². The van der Waals surface area contributed by atoms with Crippen LogP contribution in [0, 0.1) is 12.7 Å². The van der Waals surface area contributed by atoms with Crippen LogP contribution in [0.4, 0.5) is 4.39 Å². The Bertz CT molecular complexity index is 416. The lowest BCUT2D eigenvalue weighted by molar-refractivity contribution is -0.125. The van der Waals surface area contributed by atoms with E-state index in [9.17, 15) is 9.18 Å². The molecule has 0 unspecified atom stereocenters. The van der Waals surface area contributed by atoms with E-state index >= 15 is 0 Å². The van der Waals surface area contributed by atoms with Crippen molar-refractivity contribution in [2.75, 3.05) is 13.1 Å². The molecule has 0 spiro atoms. The summed E-state index contributed by atoms with van der Waals surface area (Å²) in [5.41, 5.74) is 5.99. The van der Waals surface area contributed by atoms with E-state index in [1.807, 2.05) is 13.8 Å². The standard InChI is InChI=1S/C13H19FN2O/c1-9-8-10(4-5-11(9)14)13(2,3)12(17)16-7-6-15/h4-5,8H,6-7,15H2,1-3H3,(H,16,17). The molecular formula is C13H19FN2O. The van der Waals surface area contributed by atoms with E-state index in [-0.39, 0.29) is 11.7 Å². The van der Waals surface area contributed by atoms with Crippen LogP contribution in [0.2, 0.25) is 0 Å². The molecule has 1 aromatic carbocycles. The van der Waals surface area contributed by atoms with Crippen molar-refractivity contribution in [1.82, 2.24) is 5.32 Å². The van der Waals surface area contributed by atoms with Gasteiger partial charge < -0.3 is 11.1 Å². The second-order valence-corrected chi connectivity index (χ2v) is 4.63. The zero-order chi connectivity index (χ0) is 13.1. The number of hydrogen-bond donors (Lipinski definition) is 2. The monoisotopic (exact) mass is 238 g/mol. The van der Waals surface area contributed by atoms with Gasteiger partial charge in [0, 0.05) is 13.1 Å². The Morgan fingerprint density at radius 2 is 2.12 bits per heavy atom. The van der Waals surface area contributed by atoms with Gasteiger partial charge >= 0.3 is 0 Å². The average Bonchev–Trinajstić information content (AvgIpc) is 2.29. The fourth-order valence-electron chi connectivity index (χ4n) is 1.57. The van der Waals surface area contributed by atoms with E-state index in [0.29, 0.717) is 18.7 Å². The molecule has 3 nitrogen and oxygen atoms in total. The van der Waals surface area contributed by atoms with Crippen LogP contribution in [0.3, 0.4) is 0 Å². The smallest absolute Gasteiger partial charge is 0.230 e. The van der Waals surface area contributed by atoms with Crippen LogP contribution >= 0.6 is 0 Å². The predicted octanol–water partition coefficient (Wildman–Crippen LogP) is 1.49. The molecule has 0 atom stereocenters.